The molecule has 0 aliphatic carbocycles. The Morgan fingerprint density at radius 2 is 1.79 bits per heavy atom. The van der Waals surface area contributed by atoms with Gasteiger partial charge >= 0.3 is 5.97 Å². The van der Waals surface area contributed by atoms with Crippen molar-refractivity contribution in [3.05, 3.63) is 56.9 Å². The maximum Gasteiger partial charge on any atom is 0.338 e. The van der Waals surface area contributed by atoms with Crippen LogP contribution in [0.15, 0.2) is 45.8 Å². The number of benzene rings is 1. The molecule has 0 saturated heterocycles. The number of carbonyl (C=O) groups excluding carboxylic acids is 2. The van der Waals surface area contributed by atoms with E-state index in [0.29, 0.717) is 21.5 Å². The Morgan fingerprint density at radius 3 is 2.32 bits per heavy atom. The Labute approximate surface area is 171 Å². The maximum atomic E-state index is 12.5. The molecule has 2 aromatic rings. The minimum atomic E-state index is -0.764. The van der Waals surface area contributed by atoms with E-state index >= 15 is 0 Å². The molecular weight excluding hydrogens is 428 g/mol. The summed E-state index contributed by atoms with van der Waals surface area (Å²) in [6.07, 6.45) is 1.47. The molecule has 0 radical (unpaired) electrons. The topological polar surface area (TPSA) is 86.6 Å². The fourth-order valence-corrected chi connectivity index (χ4v) is 2.82. The van der Waals surface area contributed by atoms with Crippen LogP contribution in [0.5, 0.6) is 5.75 Å². The van der Waals surface area contributed by atoms with Gasteiger partial charge in [-0.25, -0.2) is 4.79 Å². The Kier molecular flexibility index (Phi) is 6.66. The number of hydrogen-bond acceptors (Lipinski definition) is 5. The maximum absolute atomic E-state index is 12.5. The summed E-state index contributed by atoms with van der Waals surface area (Å²) in [5.41, 5.74) is -0.0370. The van der Waals surface area contributed by atoms with Crippen molar-refractivity contribution in [2.45, 2.75) is 39.3 Å². The van der Waals surface area contributed by atoms with Gasteiger partial charge in [-0.2, -0.15) is 0 Å². The van der Waals surface area contributed by atoms with Crippen molar-refractivity contribution < 1.29 is 19.1 Å². The molecule has 0 spiro atoms. The van der Waals surface area contributed by atoms with Crippen LogP contribution in [0.25, 0.3) is 0 Å². The van der Waals surface area contributed by atoms with Crippen LogP contribution in [0.2, 0.25) is 0 Å². The highest BCUT2D eigenvalue weighted by Gasteiger charge is 2.20. The third-order valence-corrected chi connectivity index (χ3v) is 4.42. The fourth-order valence-electron chi connectivity index (χ4n) is 2.36. The zero-order valence-electron chi connectivity index (χ0n) is 16.4. The fraction of sp³-hybridized carbons (Fsp3) is 0.350. The molecule has 1 aromatic heterocycles. The molecule has 8 heteroatoms. The zero-order chi connectivity index (χ0) is 21.1. The van der Waals surface area contributed by atoms with Crippen LogP contribution in [0.4, 0.5) is 5.69 Å². The van der Waals surface area contributed by atoms with Crippen LogP contribution in [0.3, 0.4) is 0 Å². The molecule has 1 aromatic carbocycles. The minimum Gasteiger partial charge on any atom is -0.494 e. The molecule has 0 bridgehead atoms. The van der Waals surface area contributed by atoms with Crippen molar-refractivity contribution in [1.82, 2.24) is 4.57 Å². The van der Waals surface area contributed by atoms with Crippen molar-refractivity contribution >= 4 is 33.5 Å². The van der Waals surface area contributed by atoms with Gasteiger partial charge in [-0.15, -0.1) is 0 Å². The lowest BCUT2D eigenvalue weighted by molar-refractivity contribution is -0.118. The average molecular weight is 451 g/mol. The second-order valence-electron chi connectivity index (χ2n) is 7.18. The number of anilines is 1. The summed E-state index contributed by atoms with van der Waals surface area (Å²) in [4.78, 5) is 36.8. The summed E-state index contributed by atoms with van der Waals surface area (Å²) < 4.78 is 12.3. The number of nitrogens with zero attached hydrogens (tertiary/aromatic N) is 1. The first-order valence-corrected chi connectivity index (χ1v) is 9.41. The van der Waals surface area contributed by atoms with Gasteiger partial charge in [-0.3, -0.25) is 14.2 Å². The lowest BCUT2D eigenvalue weighted by Gasteiger charge is -2.19. The van der Waals surface area contributed by atoms with Crippen molar-refractivity contribution in [3.8, 4) is 5.75 Å². The number of hydrogen-bond donors (Lipinski definition) is 1. The summed E-state index contributed by atoms with van der Waals surface area (Å²) >= 11 is 3.24. The second kappa shape index (κ2) is 8.60. The van der Waals surface area contributed by atoms with Crippen LogP contribution in [0.1, 0.15) is 44.1 Å². The van der Waals surface area contributed by atoms with Gasteiger partial charge in [0.25, 0.3) is 5.56 Å². The third kappa shape index (κ3) is 5.45. The highest BCUT2D eigenvalue weighted by atomic mass is 79.9. The standard InChI is InChI=1S/C20H23BrN2O5/c1-12(23-11-16(27-5)15(21)10-17(23)24)18(25)22-14-8-6-13(7-9-14)19(26)28-20(2,3)4/h6-12H,1-5H3,(H,22,25). The number of rotatable bonds is 5. The molecule has 150 valence electrons. The van der Waals surface area contributed by atoms with E-state index in [1.807, 2.05) is 0 Å². The largest absolute Gasteiger partial charge is 0.494 e. The van der Waals surface area contributed by atoms with E-state index in [0.717, 1.165) is 0 Å². The zero-order valence-corrected chi connectivity index (χ0v) is 18.0. The lowest BCUT2D eigenvalue weighted by atomic mass is 10.1. The second-order valence-corrected chi connectivity index (χ2v) is 8.03. The number of aromatic nitrogens is 1. The summed E-state index contributed by atoms with van der Waals surface area (Å²) in [7, 11) is 1.48. The SMILES string of the molecule is COc1cn(C(C)C(=O)Nc2ccc(C(=O)OC(C)(C)C)cc2)c(=O)cc1Br. The van der Waals surface area contributed by atoms with E-state index < -0.39 is 17.6 Å². The molecule has 0 saturated carbocycles. The van der Waals surface area contributed by atoms with E-state index in [1.54, 1.807) is 52.0 Å². The molecule has 1 N–H and O–H groups in total. The molecule has 1 atom stereocenters. The van der Waals surface area contributed by atoms with E-state index in [1.165, 1.54) is 23.9 Å². The predicted molar refractivity (Wildman–Crippen MR) is 110 cm³/mol. The highest BCUT2D eigenvalue weighted by Crippen LogP contribution is 2.23. The number of ether oxygens (including phenoxy) is 2. The molecule has 1 unspecified atom stereocenters. The molecule has 7 nitrogen and oxygen atoms in total. The number of nitrogens with one attached hydrogen (secondary N) is 1. The van der Waals surface area contributed by atoms with E-state index in [2.05, 4.69) is 21.2 Å². The first kappa shape index (κ1) is 21.7. The van der Waals surface area contributed by atoms with Gasteiger partial charge in [0.15, 0.2) is 0 Å². The summed E-state index contributed by atoms with van der Waals surface area (Å²) in [6.45, 7) is 6.99. The molecule has 1 heterocycles. The lowest BCUT2D eigenvalue weighted by Crippen LogP contribution is -2.31. The van der Waals surface area contributed by atoms with Gasteiger partial charge in [-0.05, 0) is 67.9 Å². The van der Waals surface area contributed by atoms with Gasteiger partial charge in [0.05, 0.1) is 23.3 Å². The van der Waals surface area contributed by atoms with Gasteiger partial charge in [0.1, 0.15) is 17.4 Å². The van der Waals surface area contributed by atoms with Crippen LogP contribution in [0, 0.1) is 0 Å². The van der Waals surface area contributed by atoms with Gasteiger partial charge < -0.3 is 14.8 Å². The monoisotopic (exact) mass is 450 g/mol. The van der Waals surface area contributed by atoms with E-state index in [4.69, 9.17) is 9.47 Å². The normalized spacial score (nSPS) is 12.2. The highest BCUT2D eigenvalue weighted by molar-refractivity contribution is 9.10. The van der Waals surface area contributed by atoms with Crippen LogP contribution in [-0.2, 0) is 9.53 Å². The third-order valence-electron chi connectivity index (χ3n) is 3.80. The number of halogens is 1. The summed E-state index contributed by atoms with van der Waals surface area (Å²) in [5.74, 6) is -0.371. The van der Waals surface area contributed by atoms with Crippen molar-refractivity contribution in [1.29, 1.82) is 0 Å². The molecule has 1 amide bonds. The molecule has 0 aliphatic rings. The first-order chi connectivity index (χ1) is 13.0. The quantitative estimate of drug-likeness (QED) is 0.700. The Morgan fingerprint density at radius 1 is 1.18 bits per heavy atom. The number of amides is 1. The molecule has 0 fully saturated rings. The average Bonchev–Trinajstić information content (AvgIpc) is 2.60. The molecular formula is C20H23BrN2O5. The number of methoxy groups -OCH3 is 1. The van der Waals surface area contributed by atoms with Crippen molar-refractivity contribution in [3.63, 3.8) is 0 Å². The Hall–Kier alpha value is -2.61. The van der Waals surface area contributed by atoms with E-state index in [9.17, 15) is 14.4 Å². The van der Waals surface area contributed by atoms with Crippen molar-refractivity contribution in [2.75, 3.05) is 12.4 Å². The van der Waals surface area contributed by atoms with Crippen LogP contribution < -0.4 is 15.6 Å². The smallest absolute Gasteiger partial charge is 0.338 e. The minimum absolute atomic E-state index is 0.337. The first-order valence-electron chi connectivity index (χ1n) is 8.62. The van der Waals surface area contributed by atoms with Crippen LogP contribution in [-0.4, -0.2) is 29.2 Å². The Bertz CT molecular complexity index is 929. The number of esters is 1. The van der Waals surface area contributed by atoms with Gasteiger partial charge in [0, 0.05) is 11.8 Å². The van der Waals surface area contributed by atoms with E-state index in [-0.39, 0.29) is 11.5 Å². The van der Waals surface area contributed by atoms with Crippen LogP contribution >= 0.6 is 15.9 Å². The predicted octanol–water partition coefficient (Wildman–Crippen LogP) is 3.77. The number of carbonyl (C=O) groups is 2. The molecule has 28 heavy (non-hydrogen) atoms. The number of pyridine rings is 1. The Balaban J connectivity index is 2.13. The van der Waals surface area contributed by atoms with Crippen molar-refractivity contribution in [2.24, 2.45) is 0 Å². The van der Waals surface area contributed by atoms with Gasteiger partial charge in [-0.1, -0.05) is 0 Å². The van der Waals surface area contributed by atoms with Gasteiger partial charge in [0.2, 0.25) is 5.91 Å². The molecule has 2 rings (SSSR count). The molecule has 0 aliphatic heterocycles. The summed E-state index contributed by atoms with van der Waals surface area (Å²) in [5, 5.41) is 2.73. The summed E-state index contributed by atoms with van der Waals surface area (Å²) in [6, 6.07) is 6.94.